The summed E-state index contributed by atoms with van der Waals surface area (Å²) in [5.41, 5.74) is -0.681. The molecule has 0 radical (unpaired) electrons. The third-order valence-corrected chi connectivity index (χ3v) is 4.13. The fourth-order valence-corrected chi connectivity index (χ4v) is 2.80. The molecule has 4 heteroatoms. The minimum absolute atomic E-state index is 0.127. The average Bonchev–Trinajstić information content (AvgIpc) is 2.98. The molecule has 2 fully saturated rings. The van der Waals surface area contributed by atoms with E-state index in [1.807, 2.05) is 18.7 Å². The van der Waals surface area contributed by atoms with E-state index < -0.39 is 5.60 Å². The summed E-state index contributed by atoms with van der Waals surface area (Å²) in [4.78, 5) is 16.7. The topological polar surface area (TPSA) is 32.8 Å². The summed E-state index contributed by atoms with van der Waals surface area (Å²) in [6.07, 6.45) is 3.74. The molecule has 2 rings (SSSR count). The van der Waals surface area contributed by atoms with E-state index in [0.717, 1.165) is 19.5 Å². The third kappa shape index (κ3) is 2.63. The molecule has 0 aromatic heterocycles. The van der Waals surface area contributed by atoms with Gasteiger partial charge in [0, 0.05) is 26.2 Å². The number of ether oxygens (including phenoxy) is 1. The quantitative estimate of drug-likeness (QED) is 0.741. The van der Waals surface area contributed by atoms with Crippen molar-refractivity contribution in [2.75, 3.05) is 33.3 Å². The Kier molecular flexibility index (Phi) is 3.73. The number of methoxy groups -OCH3 is 1. The Bertz CT molecular complexity index is 285. The molecule has 0 N–H and O–H groups in total. The van der Waals surface area contributed by atoms with E-state index in [1.54, 1.807) is 7.11 Å². The van der Waals surface area contributed by atoms with Gasteiger partial charge in [-0.25, -0.2) is 0 Å². The highest BCUT2D eigenvalue weighted by atomic mass is 16.5. The van der Waals surface area contributed by atoms with Gasteiger partial charge in [0.2, 0.25) is 0 Å². The first kappa shape index (κ1) is 12.8. The van der Waals surface area contributed by atoms with Crippen molar-refractivity contribution in [2.24, 2.45) is 0 Å². The highest BCUT2D eigenvalue weighted by molar-refractivity contribution is 5.84. The first-order valence-electron chi connectivity index (χ1n) is 6.63. The summed E-state index contributed by atoms with van der Waals surface area (Å²) in [7, 11) is 1.60. The van der Waals surface area contributed by atoms with E-state index in [1.165, 1.54) is 25.9 Å². The summed E-state index contributed by atoms with van der Waals surface area (Å²) >= 11 is 0. The molecule has 0 saturated carbocycles. The number of amides is 1. The van der Waals surface area contributed by atoms with E-state index in [0.29, 0.717) is 6.04 Å². The highest BCUT2D eigenvalue weighted by Gasteiger charge is 2.37. The maximum Gasteiger partial charge on any atom is 0.254 e. The first-order chi connectivity index (χ1) is 8.04. The number of likely N-dealkylation sites (tertiary alicyclic amines) is 2. The summed E-state index contributed by atoms with van der Waals surface area (Å²) in [6.45, 7) is 7.87. The predicted octanol–water partition coefficient (Wildman–Crippen LogP) is 1.11. The minimum atomic E-state index is -0.681. The van der Waals surface area contributed by atoms with Gasteiger partial charge < -0.3 is 9.64 Å². The molecule has 2 aliphatic heterocycles. The molecular weight excluding hydrogens is 216 g/mol. The van der Waals surface area contributed by atoms with E-state index in [-0.39, 0.29) is 5.91 Å². The second-order valence-electron chi connectivity index (χ2n) is 5.65. The smallest absolute Gasteiger partial charge is 0.254 e. The lowest BCUT2D eigenvalue weighted by Gasteiger charge is -2.29. The fourth-order valence-electron chi connectivity index (χ4n) is 2.80. The fraction of sp³-hybridized carbons (Fsp3) is 0.923. The maximum atomic E-state index is 12.2. The van der Waals surface area contributed by atoms with Crippen molar-refractivity contribution in [1.29, 1.82) is 0 Å². The van der Waals surface area contributed by atoms with Crippen LogP contribution < -0.4 is 0 Å². The first-order valence-corrected chi connectivity index (χ1v) is 6.63. The number of hydrogen-bond acceptors (Lipinski definition) is 3. The average molecular weight is 240 g/mol. The van der Waals surface area contributed by atoms with Crippen molar-refractivity contribution in [3.05, 3.63) is 0 Å². The summed E-state index contributed by atoms with van der Waals surface area (Å²) in [5, 5.41) is 0. The van der Waals surface area contributed by atoms with Gasteiger partial charge in [-0.15, -0.1) is 0 Å². The van der Waals surface area contributed by atoms with Gasteiger partial charge in [-0.1, -0.05) is 0 Å². The SMILES string of the molecule is COC(C)(C)C(=O)N1CCC(N2CCCC2)C1. The molecule has 2 saturated heterocycles. The molecule has 0 aliphatic carbocycles. The summed E-state index contributed by atoms with van der Waals surface area (Å²) in [6, 6.07) is 0.578. The molecular formula is C13H24N2O2. The van der Waals surface area contributed by atoms with Gasteiger partial charge >= 0.3 is 0 Å². The molecule has 0 bridgehead atoms. The van der Waals surface area contributed by atoms with Crippen molar-refractivity contribution in [1.82, 2.24) is 9.80 Å². The van der Waals surface area contributed by atoms with Crippen LogP contribution in [-0.4, -0.2) is 60.6 Å². The largest absolute Gasteiger partial charge is 0.369 e. The van der Waals surface area contributed by atoms with Crippen LogP contribution in [0, 0.1) is 0 Å². The van der Waals surface area contributed by atoms with Crippen LogP contribution in [0.25, 0.3) is 0 Å². The van der Waals surface area contributed by atoms with Gasteiger partial charge in [-0.3, -0.25) is 9.69 Å². The zero-order chi connectivity index (χ0) is 12.5. The Morgan fingerprint density at radius 1 is 1.24 bits per heavy atom. The number of nitrogens with zero attached hydrogens (tertiary/aromatic N) is 2. The Balaban J connectivity index is 1.91. The third-order valence-electron chi connectivity index (χ3n) is 4.13. The molecule has 0 spiro atoms. The molecule has 1 atom stereocenters. The van der Waals surface area contributed by atoms with Gasteiger partial charge in [0.05, 0.1) is 0 Å². The Hall–Kier alpha value is -0.610. The van der Waals surface area contributed by atoms with Gasteiger partial charge in [0.25, 0.3) is 5.91 Å². The highest BCUT2D eigenvalue weighted by Crippen LogP contribution is 2.23. The second kappa shape index (κ2) is 4.94. The van der Waals surface area contributed by atoms with Crippen LogP contribution in [0.3, 0.4) is 0 Å². The van der Waals surface area contributed by atoms with Crippen LogP contribution in [0.5, 0.6) is 0 Å². The Morgan fingerprint density at radius 2 is 1.88 bits per heavy atom. The molecule has 17 heavy (non-hydrogen) atoms. The van der Waals surface area contributed by atoms with E-state index in [9.17, 15) is 4.79 Å². The standard InChI is InChI=1S/C13H24N2O2/c1-13(2,17-3)12(16)15-9-6-11(10-15)14-7-4-5-8-14/h11H,4-10H2,1-3H3. The van der Waals surface area contributed by atoms with Crippen molar-refractivity contribution >= 4 is 5.91 Å². The Labute approximate surface area is 104 Å². The normalized spacial score (nSPS) is 26.8. The lowest BCUT2D eigenvalue weighted by atomic mass is 10.1. The van der Waals surface area contributed by atoms with Crippen LogP contribution in [0.4, 0.5) is 0 Å². The van der Waals surface area contributed by atoms with Gasteiger partial charge in [0.1, 0.15) is 5.60 Å². The van der Waals surface area contributed by atoms with Gasteiger partial charge in [0.15, 0.2) is 0 Å². The molecule has 98 valence electrons. The van der Waals surface area contributed by atoms with E-state index in [4.69, 9.17) is 4.74 Å². The molecule has 1 unspecified atom stereocenters. The van der Waals surface area contributed by atoms with E-state index in [2.05, 4.69) is 4.90 Å². The van der Waals surface area contributed by atoms with Crippen molar-refractivity contribution in [3.8, 4) is 0 Å². The zero-order valence-corrected chi connectivity index (χ0v) is 11.2. The minimum Gasteiger partial charge on any atom is -0.369 e. The van der Waals surface area contributed by atoms with Crippen LogP contribution in [0.1, 0.15) is 33.1 Å². The summed E-state index contributed by atoms with van der Waals surface area (Å²) in [5.74, 6) is 0.127. The predicted molar refractivity (Wildman–Crippen MR) is 66.9 cm³/mol. The number of carbonyl (C=O) groups is 1. The molecule has 2 heterocycles. The van der Waals surface area contributed by atoms with Gasteiger partial charge in [-0.2, -0.15) is 0 Å². The number of rotatable bonds is 3. The lowest BCUT2D eigenvalue weighted by Crippen LogP contribution is -2.46. The summed E-state index contributed by atoms with van der Waals surface area (Å²) < 4.78 is 5.27. The van der Waals surface area contributed by atoms with Crippen molar-refractivity contribution < 1.29 is 9.53 Å². The maximum absolute atomic E-state index is 12.2. The molecule has 0 aromatic carbocycles. The van der Waals surface area contributed by atoms with Gasteiger partial charge in [-0.05, 0) is 46.2 Å². The number of hydrogen-bond donors (Lipinski definition) is 0. The monoisotopic (exact) mass is 240 g/mol. The van der Waals surface area contributed by atoms with Crippen molar-refractivity contribution in [2.45, 2.75) is 44.8 Å². The molecule has 4 nitrogen and oxygen atoms in total. The second-order valence-corrected chi connectivity index (χ2v) is 5.65. The van der Waals surface area contributed by atoms with E-state index >= 15 is 0 Å². The molecule has 0 aromatic rings. The zero-order valence-electron chi connectivity index (χ0n) is 11.2. The van der Waals surface area contributed by atoms with Crippen LogP contribution >= 0.6 is 0 Å². The van der Waals surface area contributed by atoms with Crippen LogP contribution in [-0.2, 0) is 9.53 Å². The number of carbonyl (C=O) groups excluding carboxylic acids is 1. The molecule has 2 aliphatic rings. The lowest BCUT2D eigenvalue weighted by molar-refractivity contribution is -0.150. The van der Waals surface area contributed by atoms with Crippen LogP contribution in [0.2, 0.25) is 0 Å². The Morgan fingerprint density at radius 3 is 2.47 bits per heavy atom. The van der Waals surface area contributed by atoms with Crippen LogP contribution in [0.15, 0.2) is 0 Å². The van der Waals surface area contributed by atoms with Crippen molar-refractivity contribution in [3.63, 3.8) is 0 Å². The molecule has 1 amide bonds.